The molecule has 0 fully saturated rings. The maximum atomic E-state index is 5.01. The molecule has 0 spiro atoms. The van der Waals surface area contributed by atoms with Crippen molar-refractivity contribution in [1.82, 2.24) is 4.90 Å². The van der Waals surface area contributed by atoms with Gasteiger partial charge in [0.1, 0.15) is 0 Å². The molecule has 0 aromatic rings. The zero-order valence-corrected chi connectivity index (χ0v) is 6.94. The van der Waals surface area contributed by atoms with Gasteiger partial charge in [0.25, 0.3) is 0 Å². The SMILES string of the molecule is C#CCN(C)CC.CC. The number of terminal acetylenes is 1. The van der Waals surface area contributed by atoms with Gasteiger partial charge in [-0.2, -0.15) is 0 Å². The van der Waals surface area contributed by atoms with Crippen LogP contribution in [0.4, 0.5) is 0 Å². The summed E-state index contributed by atoms with van der Waals surface area (Å²) in [5.41, 5.74) is 0. The Morgan fingerprint density at radius 2 is 1.89 bits per heavy atom. The van der Waals surface area contributed by atoms with Crippen LogP contribution in [0, 0.1) is 12.3 Å². The van der Waals surface area contributed by atoms with Crippen molar-refractivity contribution < 1.29 is 0 Å². The lowest BCUT2D eigenvalue weighted by Crippen LogP contribution is -2.16. The Labute approximate surface area is 59.1 Å². The summed E-state index contributed by atoms with van der Waals surface area (Å²) < 4.78 is 0. The van der Waals surface area contributed by atoms with Gasteiger partial charge in [0.05, 0.1) is 6.54 Å². The van der Waals surface area contributed by atoms with Crippen LogP contribution in [0.25, 0.3) is 0 Å². The molecule has 54 valence electrons. The zero-order valence-electron chi connectivity index (χ0n) is 6.94. The lowest BCUT2D eigenvalue weighted by Gasteiger charge is -2.06. The van der Waals surface area contributed by atoms with E-state index < -0.39 is 0 Å². The number of nitrogens with zero attached hydrogens (tertiary/aromatic N) is 1. The third-order valence-electron chi connectivity index (χ3n) is 0.901. The maximum Gasteiger partial charge on any atom is 0.0596 e. The maximum absolute atomic E-state index is 5.01. The van der Waals surface area contributed by atoms with Gasteiger partial charge >= 0.3 is 0 Å². The highest BCUT2D eigenvalue weighted by atomic mass is 15.1. The molecule has 0 aromatic carbocycles. The molecule has 0 rings (SSSR count). The Morgan fingerprint density at radius 3 is 2.00 bits per heavy atom. The fourth-order valence-corrected chi connectivity index (χ4v) is 0.268. The van der Waals surface area contributed by atoms with E-state index in [0.717, 1.165) is 13.1 Å². The number of hydrogen-bond donors (Lipinski definition) is 0. The van der Waals surface area contributed by atoms with Crippen molar-refractivity contribution in [1.29, 1.82) is 0 Å². The molecule has 1 heteroatoms. The Balaban J connectivity index is 0. The molecular formula is C8H17N. The monoisotopic (exact) mass is 127 g/mol. The van der Waals surface area contributed by atoms with Crippen LogP contribution in [0.5, 0.6) is 0 Å². The van der Waals surface area contributed by atoms with E-state index in [1.54, 1.807) is 0 Å². The summed E-state index contributed by atoms with van der Waals surface area (Å²) in [5.74, 6) is 2.54. The van der Waals surface area contributed by atoms with Gasteiger partial charge < -0.3 is 0 Å². The van der Waals surface area contributed by atoms with Crippen LogP contribution in [0.3, 0.4) is 0 Å². The Kier molecular flexibility index (Phi) is 13.2. The number of rotatable bonds is 2. The molecule has 0 radical (unpaired) electrons. The molecular weight excluding hydrogens is 110 g/mol. The van der Waals surface area contributed by atoms with E-state index in [2.05, 4.69) is 17.7 Å². The molecule has 0 saturated carbocycles. The smallest absolute Gasteiger partial charge is 0.0596 e. The van der Waals surface area contributed by atoms with Crippen LogP contribution in [0.1, 0.15) is 20.8 Å². The van der Waals surface area contributed by atoms with Gasteiger partial charge in [-0.1, -0.05) is 26.7 Å². The van der Waals surface area contributed by atoms with Crippen LogP contribution in [0.15, 0.2) is 0 Å². The third-order valence-corrected chi connectivity index (χ3v) is 0.901. The highest BCUT2D eigenvalue weighted by Crippen LogP contribution is 1.74. The van der Waals surface area contributed by atoms with Gasteiger partial charge in [0.2, 0.25) is 0 Å². The van der Waals surface area contributed by atoms with Crippen LogP contribution >= 0.6 is 0 Å². The molecule has 0 aliphatic rings. The van der Waals surface area contributed by atoms with Gasteiger partial charge in [-0.3, -0.25) is 4.90 Å². The molecule has 0 aliphatic carbocycles. The second kappa shape index (κ2) is 10.5. The van der Waals surface area contributed by atoms with Gasteiger partial charge in [-0.25, -0.2) is 0 Å². The van der Waals surface area contributed by atoms with Crippen molar-refractivity contribution in [2.24, 2.45) is 0 Å². The second-order valence-corrected chi connectivity index (χ2v) is 1.53. The normalized spacial score (nSPS) is 7.56. The molecule has 0 aliphatic heterocycles. The summed E-state index contributed by atoms with van der Waals surface area (Å²) in [4.78, 5) is 2.07. The van der Waals surface area contributed by atoms with Crippen molar-refractivity contribution in [3.63, 3.8) is 0 Å². The summed E-state index contributed by atoms with van der Waals surface area (Å²) in [5, 5.41) is 0. The third kappa shape index (κ3) is 11.2. The minimum Gasteiger partial charge on any atom is -0.296 e. The standard InChI is InChI=1S/C6H11N.C2H6/c1-4-6-7(3)5-2;1-2/h1H,5-6H2,2-3H3;1-2H3. The molecule has 0 aromatic heterocycles. The van der Waals surface area contributed by atoms with Crippen LogP contribution < -0.4 is 0 Å². The van der Waals surface area contributed by atoms with Gasteiger partial charge in [0, 0.05) is 0 Å². The first-order valence-electron chi connectivity index (χ1n) is 3.43. The minimum absolute atomic E-state index is 0.760. The number of hydrogen-bond acceptors (Lipinski definition) is 1. The minimum atomic E-state index is 0.760. The van der Waals surface area contributed by atoms with E-state index >= 15 is 0 Å². The molecule has 0 heterocycles. The predicted octanol–water partition coefficient (Wildman–Crippen LogP) is 1.60. The van der Waals surface area contributed by atoms with Crippen molar-refractivity contribution in [3.8, 4) is 12.3 Å². The quantitative estimate of drug-likeness (QED) is 0.509. The molecule has 0 saturated heterocycles. The van der Waals surface area contributed by atoms with E-state index in [0.29, 0.717) is 0 Å². The molecule has 0 bridgehead atoms. The fourth-order valence-electron chi connectivity index (χ4n) is 0.268. The first-order chi connectivity index (χ1) is 4.31. The Hall–Kier alpha value is -0.480. The molecule has 9 heavy (non-hydrogen) atoms. The van der Waals surface area contributed by atoms with E-state index in [9.17, 15) is 0 Å². The molecule has 0 unspecified atom stereocenters. The van der Waals surface area contributed by atoms with Gasteiger partial charge in [0.15, 0.2) is 0 Å². The summed E-state index contributed by atoms with van der Waals surface area (Å²) in [6.07, 6.45) is 5.01. The summed E-state index contributed by atoms with van der Waals surface area (Å²) in [7, 11) is 2.00. The van der Waals surface area contributed by atoms with Crippen molar-refractivity contribution in [2.45, 2.75) is 20.8 Å². The zero-order chi connectivity index (χ0) is 7.70. The first-order valence-corrected chi connectivity index (χ1v) is 3.43. The van der Waals surface area contributed by atoms with E-state index in [-0.39, 0.29) is 0 Å². The molecule has 0 atom stereocenters. The topological polar surface area (TPSA) is 3.24 Å². The van der Waals surface area contributed by atoms with Crippen molar-refractivity contribution in [3.05, 3.63) is 0 Å². The van der Waals surface area contributed by atoms with Gasteiger partial charge in [-0.05, 0) is 13.6 Å². The Bertz CT molecular complexity index is 71.1. The molecule has 0 amide bonds. The molecule has 0 N–H and O–H groups in total. The predicted molar refractivity (Wildman–Crippen MR) is 43.4 cm³/mol. The van der Waals surface area contributed by atoms with Gasteiger partial charge in [-0.15, -0.1) is 6.42 Å². The average molecular weight is 127 g/mol. The highest BCUT2D eigenvalue weighted by Gasteiger charge is 1.84. The summed E-state index contributed by atoms with van der Waals surface area (Å²) >= 11 is 0. The largest absolute Gasteiger partial charge is 0.296 e. The summed E-state index contributed by atoms with van der Waals surface area (Å²) in [6, 6.07) is 0. The Morgan fingerprint density at radius 1 is 1.44 bits per heavy atom. The van der Waals surface area contributed by atoms with E-state index in [4.69, 9.17) is 6.42 Å². The first kappa shape index (κ1) is 11.3. The molecule has 1 nitrogen and oxygen atoms in total. The van der Waals surface area contributed by atoms with E-state index in [1.807, 2.05) is 20.9 Å². The summed E-state index contributed by atoms with van der Waals surface area (Å²) in [6.45, 7) is 7.87. The highest BCUT2D eigenvalue weighted by molar-refractivity contribution is 4.86. The lowest BCUT2D eigenvalue weighted by atomic mass is 10.5. The van der Waals surface area contributed by atoms with Crippen molar-refractivity contribution >= 4 is 0 Å². The fraction of sp³-hybridized carbons (Fsp3) is 0.750. The van der Waals surface area contributed by atoms with Crippen LogP contribution in [-0.4, -0.2) is 25.0 Å². The average Bonchev–Trinajstić information content (AvgIpc) is 1.93. The van der Waals surface area contributed by atoms with Crippen LogP contribution in [0.2, 0.25) is 0 Å². The van der Waals surface area contributed by atoms with Crippen molar-refractivity contribution in [2.75, 3.05) is 20.1 Å². The lowest BCUT2D eigenvalue weighted by molar-refractivity contribution is 0.398. The van der Waals surface area contributed by atoms with Crippen LogP contribution in [-0.2, 0) is 0 Å². The second-order valence-electron chi connectivity index (χ2n) is 1.53. The van der Waals surface area contributed by atoms with E-state index in [1.165, 1.54) is 0 Å².